The summed E-state index contributed by atoms with van der Waals surface area (Å²) in [5.74, 6) is -1.69. The summed E-state index contributed by atoms with van der Waals surface area (Å²) < 4.78 is 13.7. The number of carbonyl (C=O) groups is 1. The third-order valence-corrected chi connectivity index (χ3v) is 3.98. The predicted octanol–water partition coefficient (Wildman–Crippen LogP) is 3.76. The van der Waals surface area contributed by atoms with Crippen LogP contribution < -0.4 is 5.32 Å². The number of hydrogen-bond acceptors (Lipinski definition) is 3. The molecule has 0 spiro atoms. The molecule has 19 heavy (non-hydrogen) atoms. The second kappa shape index (κ2) is 5.84. The van der Waals surface area contributed by atoms with Crippen molar-refractivity contribution >= 4 is 23.0 Å². The number of halogens is 1. The fourth-order valence-corrected chi connectivity index (χ4v) is 2.66. The van der Waals surface area contributed by atoms with Gasteiger partial charge in [-0.05, 0) is 30.7 Å². The van der Waals surface area contributed by atoms with Crippen molar-refractivity contribution in [1.82, 2.24) is 0 Å². The van der Waals surface area contributed by atoms with Gasteiger partial charge in [-0.25, -0.2) is 9.18 Å². The molecule has 0 saturated carbocycles. The van der Waals surface area contributed by atoms with Gasteiger partial charge in [-0.2, -0.15) is 0 Å². The predicted molar refractivity (Wildman–Crippen MR) is 74.4 cm³/mol. The van der Waals surface area contributed by atoms with Gasteiger partial charge in [0.2, 0.25) is 0 Å². The summed E-state index contributed by atoms with van der Waals surface area (Å²) in [6.45, 7) is 2.49. The first-order chi connectivity index (χ1) is 9.11. The Balaban J connectivity index is 2.17. The molecule has 0 amide bonds. The largest absolute Gasteiger partial charge is 0.478 e. The fraction of sp³-hybridized carbons (Fsp3) is 0.214. The molecular weight excluding hydrogens is 265 g/mol. The Morgan fingerprint density at radius 1 is 1.32 bits per heavy atom. The highest BCUT2D eigenvalue weighted by Gasteiger charge is 2.13. The number of nitrogens with one attached hydrogen (secondary N) is 1. The summed E-state index contributed by atoms with van der Waals surface area (Å²) in [6, 6.07) is 8.03. The zero-order chi connectivity index (χ0) is 13.8. The van der Waals surface area contributed by atoms with Gasteiger partial charge < -0.3 is 10.4 Å². The number of anilines is 1. The Labute approximate surface area is 114 Å². The first-order valence-corrected chi connectivity index (χ1v) is 6.76. The van der Waals surface area contributed by atoms with E-state index in [9.17, 15) is 9.18 Å². The van der Waals surface area contributed by atoms with Crippen molar-refractivity contribution < 1.29 is 14.3 Å². The number of rotatable bonds is 5. The molecule has 0 atom stereocenters. The maximum absolute atomic E-state index is 13.7. The van der Waals surface area contributed by atoms with Gasteiger partial charge in [0.25, 0.3) is 0 Å². The Morgan fingerprint density at radius 3 is 2.68 bits per heavy atom. The molecule has 100 valence electrons. The van der Waals surface area contributed by atoms with E-state index in [1.165, 1.54) is 23.1 Å². The molecule has 2 N–H and O–H groups in total. The minimum Gasteiger partial charge on any atom is -0.478 e. The highest BCUT2D eigenvalue weighted by Crippen LogP contribution is 2.23. The number of carboxylic acids is 1. The van der Waals surface area contributed by atoms with Crippen molar-refractivity contribution in [3.63, 3.8) is 0 Å². The van der Waals surface area contributed by atoms with Gasteiger partial charge in [0.05, 0.1) is 11.3 Å². The smallest absolute Gasteiger partial charge is 0.337 e. The zero-order valence-corrected chi connectivity index (χ0v) is 11.3. The van der Waals surface area contributed by atoms with Crippen LogP contribution in [0.15, 0.2) is 30.3 Å². The maximum Gasteiger partial charge on any atom is 0.337 e. The molecule has 2 aromatic rings. The Kier molecular flexibility index (Phi) is 4.16. The van der Waals surface area contributed by atoms with E-state index in [1.807, 2.05) is 12.1 Å². The van der Waals surface area contributed by atoms with Gasteiger partial charge in [0.15, 0.2) is 0 Å². The first kappa shape index (κ1) is 13.5. The number of benzene rings is 1. The van der Waals surface area contributed by atoms with Crippen LogP contribution in [0.3, 0.4) is 0 Å². The molecule has 1 aromatic heterocycles. The van der Waals surface area contributed by atoms with E-state index in [2.05, 4.69) is 12.2 Å². The molecule has 0 aliphatic rings. The molecule has 3 nitrogen and oxygen atoms in total. The maximum atomic E-state index is 13.7. The average molecular weight is 279 g/mol. The summed E-state index contributed by atoms with van der Waals surface area (Å²) in [5.41, 5.74) is -0.00582. The van der Waals surface area contributed by atoms with Crippen molar-refractivity contribution in [2.24, 2.45) is 0 Å². The third-order valence-electron chi connectivity index (χ3n) is 2.75. The van der Waals surface area contributed by atoms with Crippen molar-refractivity contribution in [2.45, 2.75) is 19.9 Å². The summed E-state index contributed by atoms with van der Waals surface area (Å²) >= 11 is 1.64. The van der Waals surface area contributed by atoms with Crippen LogP contribution >= 0.6 is 11.3 Å². The van der Waals surface area contributed by atoms with Gasteiger partial charge >= 0.3 is 5.97 Å². The monoisotopic (exact) mass is 279 g/mol. The minimum absolute atomic E-state index is 0.0430. The van der Waals surface area contributed by atoms with Crippen LogP contribution in [0.25, 0.3) is 0 Å². The quantitative estimate of drug-likeness (QED) is 0.876. The summed E-state index contributed by atoms with van der Waals surface area (Å²) in [7, 11) is 0. The molecule has 1 aromatic carbocycles. The van der Waals surface area contributed by atoms with Crippen molar-refractivity contribution in [1.29, 1.82) is 0 Å². The van der Waals surface area contributed by atoms with Gasteiger partial charge in [0, 0.05) is 16.3 Å². The molecule has 5 heteroatoms. The normalized spacial score (nSPS) is 10.4. The van der Waals surface area contributed by atoms with Gasteiger partial charge in [0.1, 0.15) is 5.82 Å². The minimum atomic E-state index is -1.14. The van der Waals surface area contributed by atoms with Crippen molar-refractivity contribution in [2.75, 3.05) is 5.32 Å². The molecule has 0 radical (unpaired) electrons. The molecule has 0 aliphatic carbocycles. The fourth-order valence-electron chi connectivity index (χ4n) is 1.76. The summed E-state index contributed by atoms with van der Waals surface area (Å²) in [4.78, 5) is 13.3. The van der Waals surface area contributed by atoms with E-state index in [1.54, 1.807) is 11.3 Å². The lowest BCUT2D eigenvalue weighted by molar-refractivity contribution is 0.0697. The highest BCUT2D eigenvalue weighted by atomic mass is 32.1. The van der Waals surface area contributed by atoms with E-state index in [0.717, 1.165) is 11.3 Å². The van der Waals surface area contributed by atoms with Crippen LogP contribution in [0, 0.1) is 5.82 Å². The van der Waals surface area contributed by atoms with Gasteiger partial charge in [-0.15, -0.1) is 11.3 Å². The zero-order valence-electron chi connectivity index (χ0n) is 10.4. The lowest BCUT2D eigenvalue weighted by atomic mass is 10.1. The van der Waals surface area contributed by atoms with Crippen LogP contribution in [-0.4, -0.2) is 11.1 Å². The van der Waals surface area contributed by atoms with Crippen LogP contribution in [0.5, 0.6) is 0 Å². The van der Waals surface area contributed by atoms with Crippen LogP contribution in [0.1, 0.15) is 27.0 Å². The summed E-state index contributed by atoms with van der Waals surface area (Å²) in [6.07, 6.45) is 0.963. The number of aromatic carboxylic acids is 1. The van der Waals surface area contributed by atoms with Gasteiger partial charge in [-0.1, -0.05) is 13.0 Å². The van der Waals surface area contributed by atoms with Crippen molar-refractivity contribution in [3.8, 4) is 0 Å². The summed E-state index contributed by atoms with van der Waals surface area (Å²) in [5, 5.41) is 11.9. The van der Waals surface area contributed by atoms with Crippen LogP contribution in [0.4, 0.5) is 10.1 Å². The van der Waals surface area contributed by atoms with Crippen LogP contribution in [-0.2, 0) is 13.0 Å². The van der Waals surface area contributed by atoms with Crippen LogP contribution in [0.2, 0.25) is 0 Å². The molecule has 0 saturated heterocycles. The SMILES string of the molecule is CCc1ccc(CNc2c(F)cccc2C(=O)O)s1. The molecule has 2 rings (SSSR count). The third kappa shape index (κ3) is 3.12. The second-order valence-corrected chi connectivity index (χ2v) is 5.30. The Hall–Kier alpha value is -1.88. The van der Waals surface area contributed by atoms with E-state index >= 15 is 0 Å². The molecule has 0 bridgehead atoms. The van der Waals surface area contributed by atoms with Gasteiger partial charge in [-0.3, -0.25) is 0 Å². The lowest BCUT2D eigenvalue weighted by Gasteiger charge is -2.09. The highest BCUT2D eigenvalue weighted by molar-refractivity contribution is 7.12. The molecule has 1 heterocycles. The van der Waals surface area contributed by atoms with E-state index in [4.69, 9.17) is 5.11 Å². The second-order valence-electron chi connectivity index (χ2n) is 4.04. The average Bonchev–Trinajstić information content (AvgIpc) is 2.85. The number of hydrogen-bond donors (Lipinski definition) is 2. The Morgan fingerprint density at radius 2 is 2.05 bits per heavy atom. The van der Waals surface area contributed by atoms with E-state index in [0.29, 0.717) is 6.54 Å². The molecule has 0 unspecified atom stereocenters. The van der Waals surface area contributed by atoms with E-state index < -0.39 is 11.8 Å². The molecule has 0 aliphatic heterocycles. The number of thiophene rings is 1. The molecule has 0 fully saturated rings. The van der Waals surface area contributed by atoms with E-state index in [-0.39, 0.29) is 11.3 Å². The first-order valence-electron chi connectivity index (χ1n) is 5.95. The molecular formula is C14H14FNO2S. The number of aryl methyl sites for hydroxylation is 1. The van der Waals surface area contributed by atoms with Crippen molar-refractivity contribution in [3.05, 3.63) is 51.5 Å². The Bertz CT molecular complexity index is 595. The topological polar surface area (TPSA) is 49.3 Å². The standard InChI is InChI=1S/C14H14FNO2S/c1-2-9-6-7-10(19-9)8-16-13-11(14(17)18)4-3-5-12(13)15/h3-7,16H,2,8H2,1H3,(H,17,18). The number of carboxylic acid groups (broad SMARTS) is 1. The number of para-hydroxylation sites is 1. The lowest BCUT2D eigenvalue weighted by Crippen LogP contribution is -2.07.